The lowest BCUT2D eigenvalue weighted by Gasteiger charge is -2.03. The molecule has 0 radical (unpaired) electrons. The van der Waals surface area contributed by atoms with Gasteiger partial charge < -0.3 is 15.5 Å². The molecule has 0 fully saturated rings. The van der Waals surface area contributed by atoms with Gasteiger partial charge in [0.25, 0.3) is 5.91 Å². The van der Waals surface area contributed by atoms with Crippen molar-refractivity contribution in [1.29, 1.82) is 0 Å². The highest BCUT2D eigenvalue weighted by Gasteiger charge is 2.16. The summed E-state index contributed by atoms with van der Waals surface area (Å²) in [4.78, 5) is 12.0. The molecular formula is C10H10N4O2S. The number of aromatic amines is 1. The highest BCUT2D eigenvalue weighted by atomic mass is 32.1. The van der Waals surface area contributed by atoms with Crippen molar-refractivity contribution < 1.29 is 9.21 Å². The molecule has 7 heteroatoms. The van der Waals surface area contributed by atoms with Crippen LogP contribution >= 0.6 is 12.2 Å². The lowest BCUT2D eigenvalue weighted by Crippen LogP contribution is -2.17. The molecular weight excluding hydrogens is 240 g/mol. The molecule has 0 saturated carbocycles. The number of hydrogen-bond donors (Lipinski definition) is 3. The van der Waals surface area contributed by atoms with Crippen LogP contribution in [0.4, 0.5) is 5.82 Å². The van der Waals surface area contributed by atoms with Gasteiger partial charge in [-0.15, -0.1) is 0 Å². The van der Waals surface area contributed by atoms with Crippen molar-refractivity contribution in [2.45, 2.75) is 6.92 Å². The molecule has 4 N–H and O–H groups in total. The molecule has 0 spiro atoms. The Morgan fingerprint density at radius 3 is 3.00 bits per heavy atom. The van der Waals surface area contributed by atoms with Crippen LogP contribution in [0.1, 0.15) is 21.7 Å². The second-order valence-electron chi connectivity index (χ2n) is 3.41. The van der Waals surface area contributed by atoms with Crippen LogP contribution in [0.3, 0.4) is 0 Å². The fraction of sp³-hybridized carbons (Fsp3) is 0.100. The number of anilines is 1. The number of aromatic nitrogens is 2. The van der Waals surface area contributed by atoms with Gasteiger partial charge in [0.15, 0.2) is 5.76 Å². The molecule has 17 heavy (non-hydrogen) atoms. The molecule has 88 valence electrons. The molecule has 0 aliphatic rings. The van der Waals surface area contributed by atoms with Gasteiger partial charge in [0.1, 0.15) is 10.8 Å². The Morgan fingerprint density at radius 1 is 1.65 bits per heavy atom. The van der Waals surface area contributed by atoms with Crippen LogP contribution in [-0.2, 0) is 0 Å². The van der Waals surface area contributed by atoms with Crippen LogP contribution in [0.2, 0.25) is 0 Å². The number of carbonyl (C=O) groups is 1. The summed E-state index contributed by atoms with van der Waals surface area (Å²) >= 11 is 4.82. The van der Waals surface area contributed by atoms with E-state index in [2.05, 4.69) is 15.5 Å². The molecule has 0 bridgehead atoms. The molecule has 2 heterocycles. The summed E-state index contributed by atoms with van der Waals surface area (Å²) in [5.41, 5.74) is 6.71. The van der Waals surface area contributed by atoms with Crippen molar-refractivity contribution in [3.8, 4) is 0 Å². The van der Waals surface area contributed by atoms with Crippen molar-refractivity contribution in [1.82, 2.24) is 10.2 Å². The summed E-state index contributed by atoms with van der Waals surface area (Å²) in [6.07, 6.45) is 2.90. The minimum absolute atomic E-state index is 0.158. The number of furan rings is 1. The number of aryl methyl sites for hydroxylation is 1. The van der Waals surface area contributed by atoms with Gasteiger partial charge >= 0.3 is 0 Å². The van der Waals surface area contributed by atoms with E-state index in [9.17, 15) is 4.79 Å². The quantitative estimate of drug-likeness (QED) is 0.711. The molecule has 2 rings (SSSR count). The largest absolute Gasteiger partial charge is 0.459 e. The first kappa shape index (κ1) is 11.3. The Morgan fingerprint density at radius 2 is 2.41 bits per heavy atom. The standard InChI is InChI=1S/C10H10N4O2S/c1-5-2-3-16-7(5)10(15)13-9-6(8(11)17)4-12-14-9/h2-4H,1H3,(H2,11,17)(H2,12,13,14,15). The maximum Gasteiger partial charge on any atom is 0.292 e. The zero-order chi connectivity index (χ0) is 12.4. The van der Waals surface area contributed by atoms with E-state index in [-0.39, 0.29) is 16.7 Å². The Kier molecular flexibility index (Phi) is 2.92. The van der Waals surface area contributed by atoms with Gasteiger partial charge in [0.05, 0.1) is 18.0 Å². The first-order chi connectivity index (χ1) is 8.09. The monoisotopic (exact) mass is 250 g/mol. The van der Waals surface area contributed by atoms with Crippen LogP contribution < -0.4 is 11.1 Å². The SMILES string of the molecule is Cc1ccoc1C(=O)Nc1[nH]ncc1C(N)=S. The molecule has 0 unspecified atom stereocenters. The second kappa shape index (κ2) is 4.38. The molecule has 0 aromatic carbocycles. The minimum Gasteiger partial charge on any atom is -0.459 e. The lowest BCUT2D eigenvalue weighted by atomic mass is 10.2. The van der Waals surface area contributed by atoms with Crippen LogP contribution in [-0.4, -0.2) is 21.1 Å². The predicted molar refractivity (Wildman–Crippen MR) is 65.9 cm³/mol. The summed E-state index contributed by atoms with van der Waals surface area (Å²) in [6.45, 7) is 1.78. The first-order valence-corrected chi connectivity index (χ1v) is 5.19. The zero-order valence-electron chi connectivity index (χ0n) is 8.98. The van der Waals surface area contributed by atoms with Crippen LogP contribution in [0.15, 0.2) is 22.9 Å². The second-order valence-corrected chi connectivity index (χ2v) is 3.85. The van der Waals surface area contributed by atoms with Gasteiger partial charge in [-0.3, -0.25) is 9.89 Å². The molecule has 2 aromatic heterocycles. The first-order valence-electron chi connectivity index (χ1n) is 4.78. The van der Waals surface area contributed by atoms with E-state index in [1.165, 1.54) is 12.5 Å². The number of thiocarbonyl (C=S) groups is 1. The number of hydrogen-bond acceptors (Lipinski definition) is 4. The number of carbonyl (C=O) groups excluding carboxylic acids is 1. The third-order valence-electron chi connectivity index (χ3n) is 2.21. The maximum atomic E-state index is 11.8. The van der Waals surface area contributed by atoms with Crippen molar-refractivity contribution in [3.05, 3.63) is 35.4 Å². The van der Waals surface area contributed by atoms with E-state index in [0.29, 0.717) is 11.4 Å². The molecule has 2 aromatic rings. The van der Waals surface area contributed by atoms with Gasteiger partial charge in [-0.2, -0.15) is 5.10 Å². The molecule has 0 aliphatic carbocycles. The Bertz CT molecular complexity index is 572. The normalized spacial score (nSPS) is 10.2. The van der Waals surface area contributed by atoms with E-state index in [1.54, 1.807) is 13.0 Å². The van der Waals surface area contributed by atoms with Gasteiger partial charge in [0.2, 0.25) is 0 Å². The van der Waals surface area contributed by atoms with Crippen molar-refractivity contribution in [2.75, 3.05) is 5.32 Å². The van der Waals surface area contributed by atoms with Crippen molar-refractivity contribution in [3.63, 3.8) is 0 Å². The lowest BCUT2D eigenvalue weighted by molar-refractivity contribution is 0.0995. The van der Waals surface area contributed by atoms with Gasteiger partial charge in [-0.05, 0) is 13.0 Å². The minimum atomic E-state index is -0.380. The smallest absolute Gasteiger partial charge is 0.292 e. The summed E-state index contributed by atoms with van der Waals surface area (Å²) < 4.78 is 5.06. The number of H-pyrrole nitrogens is 1. The van der Waals surface area contributed by atoms with Gasteiger partial charge in [0, 0.05) is 5.56 Å². The number of rotatable bonds is 3. The highest BCUT2D eigenvalue weighted by Crippen LogP contribution is 2.14. The molecule has 6 nitrogen and oxygen atoms in total. The van der Waals surface area contributed by atoms with E-state index >= 15 is 0 Å². The molecule has 0 aliphatic heterocycles. The summed E-state index contributed by atoms with van der Waals surface area (Å²) in [7, 11) is 0. The third kappa shape index (κ3) is 2.18. The molecule has 0 saturated heterocycles. The maximum absolute atomic E-state index is 11.8. The number of amides is 1. The molecule has 0 atom stereocenters. The number of nitrogens with zero attached hydrogens (tertiary/aromatic N) is 1. The summed E-state index contributed by atoms with van der Waals surface area (Å²) in [5.74, 6) is 0.223. The number of nitrogens with one attached hydrogen (secondary N) is 2. The van der Waals surface area contributed by atoms with Crippen LogP contribution in [0.5, 0.6) is 0 Å². The highest BCUT2D eigenvalue weighted by molar-refractivity contribution is 7.80. The Balaban J connectivity index is 2.22. The van der Waals surface area contributed by atoms with Crippen LogP contribution in [0, 0.1) is 6.92 Å². The Hall–Kier alpha value is -2.15. The zero-order valence-corrected chi connectivity index (χ0v) is 9.80. The van der Waals surface area contributed by atoms with Gasteiger partial charge in [-0.1, -0.05) is 12.2 Å². The fourth-order valence-corrected chi connectivity index (χ4v) is 1.50. The van der Waals surface area contributed by atoms with Crippen LogP contribution in [0.25, 0.3) is 0 Å². The number of nitrogens with two attached hydrogens (primary N) is 1. The fourth-order valence-electron chi connectivity index (χ4n) is 1.34. The predicted octanol–water partition coefficient (Wildman–Crippen LogP) is 1.20. The van der Waals surface area contributed by atoms with Crippen molar-refractivity contribution in [2.24, 2.45) is 5.73 Å². The van der Waals surface area contributed by atoms with E-state index < -0.39 is 0 Å². The third-order valence-corrected chi connectivity index (χ3v) is 2.43. The van der Waals surface area contributed by atoms with E-state index in [0.717, 1.165) is 5.56 Å². The Labute approximate surface area is 102 Å². The molecule has 1 amide bonds. The summed E-state index contributed by atoms with van der Waals surface area (Å²) in [6, 6.07) is 1.70. The summed E-state index contributed by atoms with van der Waals surface area (Å²) in [5, 5.41) is 8.97. The average Bonchev–Trinajstić information content (AvgIpc) is 2.86. The van der Waals surface area contributed by atoms with E-state index in [1.807, 2.05) is 0 Å². The van der Waals surface area contributed by atoms with Crippen molar-refractivity contribution >= 4 is 28.9 Å². The van der Waals surface area contributed by atoms with Gasteiger partial charge in [-0.25, -0.2) is 0 Å². The average molecular weight is 250 g/mol. The van der Waals surface area contributed by atoms with E-state index in [4.69, 9.17) is 22.4 Å². The topological polar surface area (TPSA) is 96.9 Å².